The number of methoxy groups -OCH3 is 1. The number of hydrogen-bond acceptors (Lipinski definition) is 5. The maximum atomic E-state index is 5.49. The zero-order valence-electron chi connectivity index (χ0n) is 11.7. The average molecular weight is 273 g/mol. The highest BCUT2D eigenvalue weighted by Gasteiger charge is 2.29. The molecule has 1 atom stereocenters. The van der Waals surface area contributed by atoms with Crippen molar-refractivity contribution >= 4 is 11.5 Å². The van der Waals surface area contributed by atoms with E-state index in [-0.39, 0.29) is 0 Å². The van der Waals surface area contributed by atoms with Gasteiger partial charge in [0.25, 0.3) is 0 Å². The first-order chi connectivity index (χ1) is 9.85. The number of fused-ring (bicyclic) bond motifs is 1. The molecule has 0 spiro atoms. The number of anilines is 1. The van der Waals surface area contributed by atoms with Gasteiger partial charge in [0.15, 0.2) is 11.5 Å². The summed E-state index contributed by atoms with van der Waals surface area (Å²) in [5.41, 5.74) is 0.843. The molecule has 0 N–H and O–H groups in total. The number of ether oxygens (including phenoxy) is 1. The fraction of sp³-hybridized carbons (Fsp3) is 0.643. The van der Waals surface area contributed by atoms with Gasteiger partial charge in [0.05, 0.1) is 6.10 Å². The Balaban J connectivity index is 1.67. The molecule has 3 heterocycles. The second kappa shape index (κ2) is 4.70. The number of hydrogen-bond donors (Lipinski definition) is 0. The van der Waals surface area contributed by atoms with Crippen LogP contribution in [0.25, 0.3) is 5.65 Å². The van der Waals surface area contributed by atoms with Crippen molar-refractivity contribution in [1.82, 2.24) is 19.8 Å². The van der Waals surface area contributed by atoms with Crippen molar-refractivity contribution in [1.29, 1.82) is 0 Å². The van der Waals surface area contributed by atoms with Crippen LogP contribution in [-0.4, -0.2) is 46.1 Å². The Kier molecular flexibility index (Phi) is 2.84. The average Bonchev–Trinajstić information content (AvgIpc) is 3.26. The van der Waals surface area contributed by atoms with Crippen molar-refractivity contribution in [2.45, 2.75) is 37.7 Å². The van der Waals surface area contributed by atoms with Crippen molar-refractivity contribution in [3.05, 3.63) is 18.0 Å². The van der Waals surface area contributed by atoms with E-state index in [1.807, 2.05) is 16.6 Å². The lowest BCUT2D eigenvalue weighted by Crippen LogP contribution is -2.39. The maximum Gasteiger partial charge on any atom is 0.178 e. The summed E-state index contributed by atoms with van der Waals surface area (Å²) in [6.07, 6.45) is 5.01. The van der Waals surface area contributed by atoms with E-state index in [1.165, 1.54) is 12.8 Å². The number of rotatable bonds is 3. The first-order valence-corrected chi connectivity index (χ1v) is 7.35. The van der Waals surface area contributed by atoms with Crippen LogP contribution in [0.5, 0.6) is 0 Å². The predicted octanol–water partition coefficient (Wildman–Crippen LogP) is 1.62. The van der Waals surface area contributed by atoms with Gasteiger partial charge in [-0.15, -0.1) is 15.3 Å². The van der Waals surface area contributed by atoms with E-state index in [0.717, 1.165) is 43.2 Å². The van der Waals surface area contributed by atoms with Crippen LogP contribution < -0.4 is 4.90 Å². The summed E-state index contributed by atoms with van der Waals surface area (Å²) in [6.45, 7) is 1.95. The molecule has 0 amide bonds. The molecule has 1 aliphatic carbocycles. The predicted molar refractivity (Wildman–Crippen MR) is 75.0 cm³/mol. The molecule has 6 heteroatoms. The molecule has 2 fully saturated rings. The van der Waals surface area contributed by atoms with Crippen LogP contribution in [0.4, 0.5) is 5.82 Å². The second-order valence-corrected chi connectivity index (χ2v) is 5.74. The number of aromatic nitrogens is 4. The Morgan fingerprint density at radius 1 is 1.20 bits per heavy atom. The molecule has 106 valence electrons. The van der Waals surface area contributed by atoms with Crippen LogP contribution in [0.15, 0.2) is 12.1 Å². The first kappa shape index (κ1) is 12.1. The topological polar surface area (TPSA) is 55.5 Å². The third-order valence-corrected chi connectivity index (χ3v) is 4.25. The summed E-state index contributed by atoms with van der Waals surface area (Å²) in [5, 5.41) is 13.2. The van der Waals surface area contributed by atoms with Gasteiger partial charge >= 0.3 is 0 Å². The third-order valence-electron chi connectivity index (χ3n) is 4.25. The molecule has 0 bridgehead atoms. The molecular weight excluding hydrogens is 254 g/mol. The van der Waals surface area contributed by atoms with Gasteiger partial charge in [-0.25, -0.2) is 0 Å². The van der Waals surface area contributed by atoms with Crippen LogP contribution in [0.1, 0.15) is 37.4 Å². The minimum absolute atomic E-state index is 0.310. The van der Waals surface area contributed by atoms with Crippen molar-refractivity contribution in [3.63, 3.8) is 0 Å². The molecule has 2 aliphatic rings. The Morgan fingerprint density at radius 2 is 2.10 bits per heavy atom. The Hall–Kier alpha value is -1.69. The van der Waals surface area contributed by atoms with E-state index in [1.54, 1.807) is 7.11 Å². The summed E-state index contributed by atoms with van der Waals surface area (Å²) >= 11 is 0. The zero-order chi connectivity index (χ0) is 13.5. The van der Waals surface area contributed by atoms with E-state index in [4.69, 9.17) is 9.84 Å². The lowest BCUT2D eigenvalue weighted by molar-refractivity contribution is 0.0891. The number of nitrogens with zero attached hydrogens (tertiary/aromatic N) is 5. The van der Waals surface area contributed by atoms with Crippen LogP contribution in [0.3, 0.4) is 0 Å². The Labute approximate surface area is 117 Å². The molecule has 1 saturated carbocycles. The molecule has 20 heavy (non-hydrogen) atoms. The summed E-state index contributed by atoms with van der Waals surface area (Å²) in [4.78, 5) is 2.30. The summed E-state index contributed by atoms with van der Waals surface area (Å²) in [6, 6.07) is 4.05. The molecule has 1 unspecified atom stereocenters. The van der Waals surface area contributed by atoms with Crippen LogP contribution in [-0.2, 0) is 4.74 Å². The molecule has 6 nitrogen and oxygen atoms in total. The van der Waals surface area contributed by atoms with Gasteiger partial charge in [0.1, 0.15) is 5.82 Å². The van der Waals surface area contributed by atoms with Gasteiger partial charge in [0, 0.05) is 26.1 Å². The van der Waals surface area contributed by atoms with E-state index in [9.17, 15) is 0 Å². The SMILES string of the molecule is COC1CCCN(c2ccc3nnc(C4CC4)n3n2)C1. The van der Waals surface area contributed by atoms with E-state index in [2.05, 4.69) is 15.1 Å². The monoisotopic (exact) mass is 273 g/mol. The van der Waals surface area contributed by atoms with E-state index in [0.29, 0.717) is 12.0 Å². The van der Waals surface area contributed by atoms with Gasteiger partial charge < -0.3 is 9.64 Å². The highest BCUT2D eigenvalue weighted by molar-refractivity contribution is 5.46. The summed E-state index contributed by atoms with van der Waals surface area (Å²) < 4.78 is 7.41. The van der Waals surface area contributed by atoms with Crippen LogP contribution in [0.2, 0.25) is 0 Å². The van der Waals surface area contributed by atoms with Gasteiger partial charge in [0.2, 0.25) is 0 Å². The molecule has 1 saturated heterocycles. The highest BCUT2D eigenvalue weighted by atomic mass is 16.5. The van der Waals surface area contributed by atoms with Crippen molar-refractivity contribution in [2.75, 3.05) is 25.1 Å². The second-order valence-electron chi connectivity index (χ2n) is 5.74. The third kappa shape index (κ3) is 2.04. The minimum atomic E-state index is 0.310. The molecule has 2 aromatic rings. The normalized spacial score (nSPS) is 23.4. The van der Waals surface area contributed by atoms with Crippen molar-refractivity contribution < 1.29 is 4.74 Å². The van der Waals surface area contributed by atoms with E-state index >= 15 is 0 Å². The first-order valence-electron chi connectivity index (χ1n) is 7.35. The Bertz CT molecular complexity index is 621. The number of piperidine rings is 1. The van der Waals surface area contributed by atoms with Gasteiger partial charge in [-0.05, 0) is 37.8 Å². The molecule has 2 aromatic heterocycles. The fourth-order valence-electron chi connectivity index (χ4n) is 2.90. The molecule has 0 aromatic carbocycles. The lowest BCUT2D eigenvalue weighted by Gasteiger charge is -2.32. The maximum absolute atomic E-state index is 5.49. The molecule has 0 radical (unpaired) electrons. The zero-order valence-corrected chi connectivity index (χ0v) is 11.7. The summed E-state index contributed by atoms with van der Waals surface area (Å²) in [5.74, 6) is 2.57. The Morgan fingerprint density at radius 3 is 2.90 bits per heavy atom. The minimum Gasteiger partial charge on any atom is -0.380 e. The van der Waals surface area contributed by atoms with Gasteiger partial charge in [-0.1, -0.05) is 0 Å². The van der Waals surface area contributed by atoms with Crippen LogP contribution in [0, 0.1) is 0 Å². The summed E-state index contributed by atoms with van der Waals surface area (Å²) in [7, 11) is 1.79. The smallest absolute Gasteiger partial charge is 0.178 e. The quantitative estimate of drug-likeness (QED) is 0.850. The molecular formula is C14H19N5O. The van der Waals surface area contributed by atoms with Crippen LogP contribution >= 0.6 is 0 Å². The fourth-order valence-corrected chi connectivity index (χ4v) is 2.90. The molecule has 4 rings (SSSR count). The highest BCUT2D eigenvalue weighted by Crippen LogP contribution is 2.38. The van der Waals surface area contributed by atoms with E-state index < -0.39 is 0 Å². The van der Waals surface area contributed by atoms with Crippen molar-refractivity contribution in [3.8, 4) is 0 Å². The van der Waals surface area contributed by atoms with Gasteiger partial charge in [-0.2, -0.15) is 4.52 Å². The standard InChI is InChI=1S/C14H19N5O/c1-20-11-3-2-8-18(9-11)13-7-6-12-15-16-14(10-4-5-10)19(12)17-13/h6-7,10-11H,2-5,8-9H2,1H3. The lowest BCUT2D eigenvalue weighted by atomic mass is 10.1. The molecule has 1 aliphatic heterocycles. The van der Waals surface area contributed by atoms with Gasteiger partial charge in [-0.3, -0.25) is 0 Å². The largest absolute Gasteiger partial charge is 0.380 e. The van der Waals surface area contributed by atoms with Crippen molar-refractivity contribution in [2.24, 2.45) is 0 Å².